The van der Waals surface area contributed by atoms with Crippen LogP contribution < -0.4 is 18.9 Å². The molecule has 0 aliphatic rings. The number of halogens is 2. The second-order valence-corrected chi connectivity index (χ2v) is 5.59. The highest BCUT2D eigenvalue weighted by Gasteiger charge is 2.22. The molecule has 0 aromatic heterocycles. The van der Waals surface area contributed by atoms with Crippen LogP contribution in [0.3, 0.4) is 0 Å². The molecule has 5 nitrogen and oxygen atoms in total. The molecule has 0 N–H and O–H groups in total. The maximum absolute atomic E-state index is 12.3. The molecule has 2 rings (SSSR count). The van der Waals surface area contributed by atoms with Crippen molar-refractivity contribution < 1.29 is 23.7 Å². The van der Waals surface area contributed by atoms with Crippen LogP contribution in [0, 0.1) is 0 Å². The molecule has 0 heterocycles. The van der Waals surface area contributed by atoms with Crippen molar-refractivity contribution in [2.75, 3.05) is 14.2 Å². The van der Waals surface area contributed by atoms with Gasteiger partial charge < -0.3 is 18.9 Å². The number of para-hydroxylation sites is 1. The third kappa shape index (κ3) is 4.24. The minimum Gasteiger partial charge on any atom is -0.493 e. The van der Waals surface area contributed by atoms with E-state index in [2.05, 4.69) is 0 Å². The molecule has 0 saturated heterocycles. The van der Waals surface area contributed by atoms with E-state index in [0.717, 1.165) is 0 Å². The summed E-state index contributed by atoms with van der Waals surface area (Å²) in [4.78, 5) is 12.3. The summed E-state index contributed by atoms with van der Waals surface area (Å²) in [6.45, 7) is 1.55. The third-order valence-electron chi connectivity index (χ3n) is 3.11. The van der Waals surface area contributed by atoms with E-state index in [1.165, 1.54) is 20.3 Å². The molecule has 128 valence electrons. The highest BCUT2D eigenvalue weighted by atomic mass is 35.5. The largest absolute Gasteiger partial charge is 0.493 e. The Balaban J connectivity index is 2.15. The minimum atomic E-state index is -0.904. The first-order chi connectivity index (χ1) is 11.5. The van der Waals surface area contributed by atoms with Gasteiger partial charge in [-0.25, -0.2) is 4.79 Å². The molecule has 7 heteroatoms. The first-order valence-corrected chi connectivity index (χ1v) is 7.76. The summed E-state index contributed by atoms with van der Waals surface area (Å²) in [6, 6.07) is 9.77. The van der Waals surface area contributed by atoms with Crippen LogP contribution in [0.1, 0.15) is 6.92 Å². The van der Waals surface area contributed by atoms with Crippen LogP contribution in [-0.2, 0) is 4.79 Å². The fourth-order valence-electron chi connectivity index (χ4n) is 1.91. The predicted octanol–water partition coefficient (Wildman–Crippen LogP) is 4.38. The van der Waals surface area contributed by atoms with Gasteiger partial charge in [0.1, 0.15) is 5.75 Å². The fourth-order valence-corrected chi connectivity index (χ4v) is 2.36. The van der Waals surface area contributed by atoms with Gasteiger partial charge in [-0.1, -0.05) is 29.3 Å². The van der Waals surface area contributed by atoms with Gasteiger partial charge >= 0.3 is 5.97 Å². The minimum absolute atomic E-state index is 0.185. The molecule has 0 radical (unpaired) electrons. The van der Waals surface area contributed by atoms with Crippen molar-refractivity contribution in [3.63, 3.8) is 0 Å². The van der Waals surface area contributed by atoms with Gasteiger partial charge in [0.25, 0.3) is 0 Å². The topological polar surface area (TPSA) is 54.0 Å². The maximum Gasteiger partial charge on any atom is 0.352 e. The second kappa shape index (κ2) is 8.13. The number of esters is 1. The van der Waals surface area contributed by atoms with Crippen molar-refractivity contribution in [1.82, 2.24) is 0 Å². The summed E-state index contributed by atoms with van der Waals surface area (Å²) in [6.07, 6.45) is -0.904. The van der Waals surface area contributed by atoms with E-state index in [0.29, 0.717) is 27.3 Å². The molecule has 0 fully saturated rings. The van der Waals surface area contributed by atoms with Crippen LogP contribution in [0.2, 0.25) is 10.0 Å². The number of hydrogen-bond donors (Lipinski definition) is 0. The van der Waals surface area contributed by atoms with Crippen molar-refractivity contribution >= 4 is 29.2 Å². The molecular weight excluding hydrogens is 355 g/mol. The van der Waals surface area contributed by atoms with Crippen molar-refractivity contribution in [2.45, 2.75) is 13.0 Å². The van der Waals surface area contributed by atoms with Gasteiger partial charge in [0, 0.05) is 5.02 Å². The first kappa shape index (κ1) is 18.2. The van der Waals surface area contributed by atoms with Crippen molar-refractivity contribution in [3.05, 3.63) is 46.4 Å². The van der Waals surface area contributed by atoms with Crippen molar-refractivity contribution in [3.8, 4) is 23.0 Å². The standard InChI is InChI=1S/C17H16Cl2O5/c1-10(23-13-8-7-11(18)9-12(13)19)17(20)24-16-14(21-2)5-4-6-15(16)22-3/h4-10H,1-3H3. The molecule has 2 aromatic rings. The first-order valence-electron chi connectivity index (χ1n) is 7.00. The zero-order valence-corrected chi connectivity index (χ0v) is 14.9. The number of rotatable bonds is 6. The number of carbonyl (C=O) groups excluding carboxylic acids is 1. The number of carbonyl (C=O) groups is 1. The summed E-state index contributed by atoms with van der Waals surface area (Å²) in [5.74, 6) is 0.644. The molecule has 0 spiro atoms. The highest BCUT2D eigenvalue weighted by molar-refractivity contribution is 6.35. The number of methoxy groups -OCH3 is 2. The highest BCUT2D eigenvalue weighted by Crippen LogP contribution is 2.37. The Labute approximate surface area is 150 Å². The Morgan fingerprint density at radius 3 is 2.17 bits per heavy atom. The molecular formula is C17H16Cl2O5. The second-order valence-electron chi connectivity index (χ2n) is 4.75. The zero-order chi connectivity index (χ0) is 17.7. The van der Waals surface area contributed by atoms with Crippen LogP contribution in [0.15, 0.2) is 36.4 Å². The average Bonchev–Trinajstić information content (AvgIpc) is 2.57. The van der Waals surface area contributed by atoms with Gasteiger partial charge in [-0.3, -0.25) is 0 Å². The monoisotopic (exact) mass is 370 g/mol. The molecule has 0 aliphatic carbocycles. The quantitative estimate of drug-likeness (QED) is 0.557. The van der Waals surface area contributed by atoms with Gasteiger partial charge in [0.15, 0.2) is 17.6 Å². The Morgan fingerprint density at radius 1 is 1.00 bits per heavy atom. The fraction of sp³-hybridized carbons (Fsp3) is 0.235. The predicted molar refractivity (Wildman–Crippen MR) is 91.7 cm³/mol. The average molecular weight is 371 g/mol. The molecule has 1 atom stereocenters. The van der Waals surface area contributed by atoms with Gasteiger partial charge in [0.2, 0.25) is 5.75 Å². The summed E-state index contributed by atoms with van der Waals surface area (Å²) in [5, 5.41) is 0.776. The lowest BCUT2D eigenvalue weighted by atomic mass is 10.3. The summed E-state index contributed by atoms with van der Waals surface area (Å²) < 4.78 is 21.3. The van der Waals surface area contributed by atoms with Gasteiger partial charge in [0.05, 0.1) is 19.2 Å². The van der Waals surface area contributed by atoms with E-state index in [9.17, 15) is 4.79 Å². The van der Waals surface area contributed by atoms with Gasteiger partial charge in [-0.2, -0.15) is 0 Å². The summed E-state index contributed by atoms with van der Waals surface area (Å²) >= 11 is 11.9. The van der Waals surface area contributed by atoms with Crippen molar-refractivity contribution in [1.29, 1.82) is 0 Å². The Bertz CT molecular complexity index is 711. The van der Waals surface area contributed by atoms with Crippen LogP contribution in [0.4, 0.5) is 0 Å². The van der Waals surface area contributed by atoms with Gasteiger partial charge in [-0.05, 0) is 37.3 Å². The maximum atomic E-state index is 12.3. The van der Waals surface area contributed by atoms with Crippen LogP contribution in [-0.4, -0.2) is 26.3 Å². The molecule has 0 bridgehead atoms. The molecule has 0 aliphatic heterocycles. The van der Waals surface area contributed by atoms with Crippen LogP contribution >= 0.6 is 23.2 Å². The number of hydrogen-bond acceptors (Lipinski definition) is 5. The summed E-state index contributed by atoms with van der Waals surface area (Å²) in [7, 11) is 2.94. The zero-order valence-electron chi connectivity index (χ0n) is 13.3. The lowest BCUT2D eigenvalue weighted by Gasteiger charge is -2.17. The van der Waals surface area contributed by atoms with E-state index in [1.54, 1.807) is 37.3 Å². The lowest BCUT2D eigenvalue weighted by molar-refractivity contribution is -0.141. The van der Waals surface area contributed by atoms with E-state index in [4.69, 9.17) is 42.1 Å². The van der Waals surface area contributed by atoms with E-state index < -0.39 is 12.1 Å². The number of benzene rings is 2. The SMILES string of the molecule is COc1cccc(OC)c1OC(=O)C(C)Oc1ccc(Cl)cc1Cl. The molecule has 0 amide bonds. The van der Waals surface area contributed by atoms with Gasteiger partial charge in [-0.15, -0.1) is 0 Å². The van der Waals surface area contributed by atoms with E-state index >= 15 is 0 Å². The molecule has 0 saturated carbocycles. The summed E-state index contributed by atoms with van der Waals surface area (Å²) in [5.41, 5.74) is 0. The third-order valence-corrected chi connectivity index (χ3v) is 3.65. The Kier molecular flexibility index (Phi) is 6.17. The molecule has 1 unspecified atom stereocenters. The molecule has 24 heavy (non-hydrogen) atoms. The Morgan fingerprint density at radius 2 is 1.62 bits per heavy atom. The van der Waals surface area contributed by atoms with Crippen molar-refractivity contribution in [2.24, 2.45) is 0 Å². The van der Waals surface area contributed by atoms with E-state index in [1.807, 2.05) is 0 Å². The van der Waals surface area contributed by atoms with Crippen LogP contribution in [0.25, 0.3) is 0 Å². The lowest BCUT2D eigenvalue weighted by Crippen LogP contribution is -2.28. The Hall–Kier alpha value is -2.11. The molecule has 2 aromatic carbocycles. The normalized spacial score (nSPS) is 11.5. The number of ether oxygens (including phenoxy) is 4. The smallest absolute Gasteiger partial charge is 0.352 e. The van der Waals surface area contributed by atoms with E-state index in [-0.39, 0.29) is 5.75 Å². The van der Waals surface area contributed by atoms with Crippen LogP contribution in [0.5, 0.6) is 23.0 Å².